The monoisotopic (exact) mass is 440 g/mol. The number of ether oxygens (including phenoxy) is 1. The van der Waals surface area contributed by atoms with Crippen LogP contribution in [0.15, 0.2) is 85.3 Å². The fourth-order valence-corrected chi connectivity index (χ4v) is 3.97. The summed E-state index contributed by atoms with van der Waals surface area (Å²) < 4.78 is 7.57. The molecule has 0 bridgehead atoms. The number of anilines is 2. The van der Waals surface area contributed by atoms with E-state index in [2.05, 4.69) is 38.2 Å². The second-order valence-electron chi connectivity index (χ2n) is 7.46. The first kappa shape index (κ1) is 20.1. The first-order valence-corrected chi connectivity index (χ1v) is 10.6. The Bertz CT molecular complexity index is 1410. The summed E-state index contributed by atoms with van der Waals surface area (Å²) in [6.07, 6.45) is 3.66. The Morgan fingerprint density at radius 1 is 0.938 bits per heavy atom. The van der Waals surface area contributed by atoms with Gasteiger partial charge < -0.3 is 14.6 Å². The van der Waals surface area contributed by atoms with Crippen molar-refractivity contribution < 1.29 is 4.74 Å². The van der Waals surface area contributed by atoms with Gasteiger partial charge >= 0.3 is 0 Å². The zero-order chi connectivity index (χ0) is 22.1. The SMILES string of the molecule is COc1ccccc1Nc1ncnc2c1c(-c1ccccc1)cn2-c1ccc(C)c(Cl)c1. The Labute approximate surface area is 191 Å². The molecule has 5 rings (SSSR count). The summed E-state index contributed by atoms with van der Waals surface area (Å²) in [4.78, 5) is 9.22. The number of aryl methyl sites for hydroxylation is 1. The average molecular weight is 441 g/mol. The van der Waals surface area contributed by atoms with Crippen LogP contribution in [0.5, 0.6) is 5.75 Å². The fraction of sp³-hybridized carbons (Fsp3) is 0.0769. The summed E-state index contributed by atoms with van der Waals surface area (Å²) in [5.74, 6) is 1.44. The summed E-state index contributed by atoms with van der Waals surface area (Å²) in [5.41, 5.74) is 5.69. The first-order chi connectivity index (χ1) is 15.7. The van der Waals surface area contributed by atoms with E-state index in [0.717, 1.165) is 44.8 Å². The molecule has 0 saturated heterocycles. The van der Waals surface area contributed by atoms with Gasteiger partial charge in [0.1, 0.15) is 17.9 Å². The standard InChI is InChI=1S/C26H21ClN4O/c1-17-12-13-19(14-21(17)27)31-15-20(18-8-4-3-5-9-18)24-25(28-16-29-26(24)31)30-22-10-6-7-11-23(22)32-2/h3-16H,1-2H3,(H,28,29,30). The minimum atomic E-state index is 0.704. The van der Waals surface area contributed by atoms with E-state index in [4.69, 9.17) is 16.3 Å². The van der Waals surface area contributed by atoms with Crippen LogP contribution in [-0.2, 0) is 0 Å². The lowest BCUT2D eigenvalue weighted by atomic mass is 10.1. The number of rotatable bonds is 5. The van der Waals surface area contributed by atoms with Crippen LogP contribution in [0.2, 0.25) is 5.02 Å². The molecular weight excluding hydrogens is 420 g/mol. The van der Waals surface area contributed by atoms with Crippen molar-refractivity contribution in [3.05, 3.63) is 95.9 Å². The third kappa shape index (κ3) is 3.57. The molecule has 158 valence electrons. The molecule has 0 saturated carbocycles. The minimum Gasteiger partial charge on any atom is -0.495 e. The highest BCUT2D eigenvalue weighted by molar-refractivity contribution is 6.31. The van der Waals surface area contributed by atoms with Crippen molar-refractivity contribution in [1.82, 2.24) is 14.5 Å². The van der Waals surface area contributed by atoms with Gasteiger partial charge in [-0.25, -0.2) is 9.97 Å². The van der Waals surface area contributed by atoms with Crippen molar-refractivity contribution in [1.29, 1.82) is 0 Å². The average Bonchev–Trinajstić information content (AvgIpc) is 3.22. The molecule has 5 aromatic rings. The summed E-state index contributed by atoms with van der Waals surface area (Å²) in [7, 11) is 1.66. The Morgan fingerprint density at radius 3 is 2.50 bits per heavy atom. The number of aromatic nitrogens is 3. The van der Waals surface area contributed by atoms with Gasteiger partial charge in [0.2, 0.25) is 0 Å². The molecule has 0 radical (unpaired) electrons. The molecule has 1 N–H and O–H groups in total. The van der Waals surface area contributed by atoms with Gasteiger partial charge in [0.25, 0.3) is 0 Å². The van der Waals surface area contributed by atoms with Crippen molar-refractivity contribution in [2.24, 2.45) is 0 Å². The Morgan fingerprint density at radius 2 is 1.72 bits per heavy atom. The highest BCUT2D eigenvalue weighted by atomic mass is 35.5. The Hall–Kier alpha value is -3.83. The predicted octanol–water partition coefficient (Wildman–Crippen LogP) is 6.80. The number of nitrogens with zero attached hydrogens (tertiary/aromatic N) is 3. The number of halogens is 1. The highest BCUT2D eigenvalue weighted by Gasteiger charge is 2.18. The maximum Gasteiger partial charge on any atom is 0.150 e. The maximum atomic E-state index is 6.44. The van der Waals surface area contributed by atoms with Gasteiger partial charge in [0.05, 0.1) is 18.2 Å². The second kappa shape index (κ2) is 8.36. The number of nitrogens with one attached hydrogen (secondary N) is 1. The predicted molar refractivity (Wildman–Crippen MR) is 130 cm³/mol. The molecule has 0 aliphatic heterocycles. The molecule has 2 aromatic heterocycles. The molecule has 0 aliphatic rings. The normalized spacial score (nSPS) is 11.0. The molecule has 0 aliphatic carbocycles. The van der Waals surface area contributed by atoms with E-state index in [1.165, 1.54) is 0 Å². The number of methoxy groups -OCH3 is 1. The number of hydrogen-bond donors (Lipinski definition) is 1. The number of hydrogen-bond acceptors (Lipinski definition) is 4. The smallest absolute Gasteiger partial charge is 0.150 e. The van der Waals surface area contributed by atoms with E-state index >= 15 is 0 Å². The number of benzene rings is 3. The zero-order valence-corrected chi connectivity index (χ0v) is 18.5. The van der Waals surface area contributed by atoms with Crippen molar-refractivity contribution in [3.63, 3.8) is 0 Å². The Kier molecular flexibility index (Phi) is 5.25. The van der Waals surface area contributed by atoms with E-state index in [1.54, 1.807) is 13.4 Å². The number of para-hydroxylation sites is 2. The van der Waals surface area contributed by atoms with E-state index < -0.39 is 0 Å². The zero-order valence-electron chi connectivity index (χ0n) is 17.7. The van der Waals surface area contributed by atoms with Crippen LogP contribution in [0.4, 0.5) is 11.5 Å². The lowest BCUT2D eigenvalue weighted by Crippen LogP contribution is -1.99. The Balaban J connectivity index is 1.76. The third-order valence-electron chi connectivity index (χ3n) is 5.46. The third-order valence-corrected chi connectivity index (χ3v) is 5.87. The van der Waals surface area contributed by atoms with E-state index in [-0.39, 0.29) is 0 Å². The molecule has 0 unspecified atom stereocenters. The molecule has 3 aromatic carbocycles. The molecule has 32 heavy (non-hydrogen) atoms. The fourth-order valence-electron chi connectivity index (χ4n) is 3.80. The van der Waals surface area contributed by atoms with Gasteiger partial charge in [-0.05, 0) is 42.3 Å². The summed E-state index contributed by atoms with van der Waals surface area (Å²) in [5, 5.41) is 5.08. The van der Waals surface area contributed by atoms with Crippen LogP contribution in [0.1, 0.15) is 5.56 Å². The topological polar surface area (TPSA) is 52.0 Å². The molecule has 0 amide bonds. The second-order valence-corrected chi connectivity index (χ2v) is 7.87. The van der Waals surface area contributed by atoms with Crippen molar-refractivity contribution in [2.75, 3.05) is 12.4 Å². The van der Waals surface area contributed by atoms with Gasteiger partial charge in [0, 0.05) is 22.5 Å². The summed E-state index contributed by atoms with van der Waals surface area (Å²) in [6.45, 7) is 1.99. The van der Waals surface area contributed by atoms with Crippen LogP contribution in [0.25, 0.3) is 27.8 Å². The largest absolute Gasteiger partial charge is 0.495 e. The quantitative estimate of drug-likeness (QED) is 0.326. The highest BCUT2D eigenvalue weighted by Crippen LogP contribution is 2.38. The van der Waals surface area contributed by atoms with Crippen molar-refractivity contribution >= 4 is 34.1 Å². The summed E-state index contributed by atoms with van der Waals surface area (Å²) >= 11 is 6.44. The van der Waals surface area contributed by atoms with Crippen LogP contribution in [-0.4, -0.2) is 21.6 Å². The molecule has 0 spiro atoms. The van der Waals surface area contributed by atoms with E-state index in [1.807, 2.05) is 67.6 Å². The van der Waals surface area contributed by atoms with Gasteiger partial charge in [-0.2, -0.15) is 0 Å². The van der Waals surface area contributed by atoms with Crippen LogP contribution < -0.4 is 10.1 Å². The van der Waals surface area contributed by atoms with Crippen LogP contribution >= 0.6 is 11.6 Å². The van der Waals surface area contributed by atoms with Crippen LogP contribution in [0.3, 0.4) is 0 Å². The van der Waals surface area contributed by atoms with Gasteiger partial charge in [0.15, 0.2) is 5.65 Å². The van der Waals surface area contributed by atoms with Gasteiger partial charge in [-0.3, -0.25) is 0 Å². The molecule has 0 atom stereocenters. The molecule has 0 fully saturated rings. The number of fused-ring (bicyclic) bond motifs is 1. The molecule has 2 heterocycles. The molecular formula is C26H21ClN4O. The molecule has 6 heteroatoms. The van der Waals surface area contributed by atoms with E-state index in [9.17, 15) is 0 Å². The van der Waals surface area contributed by atoms with Crippen LogP contribution in [0, 0.1) is 6.92 Å². The van der Waals surface area contributed by atoms with Crippen molar-refractivity contribution in [3.8, 4) is 22.6 Å². The van der Waals surface area contributed by atoms with Crippen molar-refractivity contribution in [2.45, 2.75) is 6.92 Å². The van der Waals surface area contributed by atoms with Gasteiger partial charge in [-0.15, -0.1) is 0 Å². The molecule has 5 nitrogen and oxygen atoms in total. The minimum absolute atomic E-state index is 0.704. The lowest BCUT2D eigenvalue weighted by Gasteiger charge is -2.12. The summed E-state index contributed by atoms with van der Waals surface area (Å²) in [6, 6.07) is 24.0. The first-order valence-electron chi connectivity index (χ1n) is 10.2. The van der Waals surface area contributed by atoms with E-state index in [0.29, 0.717) is 10.8 Å². The maximum absolute atomic E-state index is 6.44. The van der Waals surface area contributed by atoms with Gasteiger partial charge in [-0.1, -0.05) is 60.1 Å². The lowest BCUT2D eigenvalue weighted by molar-refractivity contribution is 0.417.